The van der Waals surface area contributed by atoms with E-state index >= 15 is 0 Å². The first-order valence-electron chi connectivity index (χ1n) is 6.36. The van der Waals surface area contributed by atoms with Gasteiger partial charge in [-0.25, -0.2) is 0 Å². The molecule has 1 fully saturated rings. The topological polar surface area (TPSA) is 20.3 Å². The summed E-state index contributed by atoms with van der Waals surface area (Å²) in [5.74, 6) is 1.53. The third-order valence-corrected chi connectivity index (χ3v) is 3.21. The lowest BCUT2D eigenvalue weighted by Gasteiger charge is -2.28. The van der Waals surface area contributed by atoms with Crippen LogP contribution in [0, 0.1) is 11.8 Å². The Morgan fingerprint density at radius 2 is 1.60 bits per heavy atom. The zero-order valence-corrected chi connectivity index (χ0v) is 11.0. The molecule has 0 bridgehead atoms. The van der Waals surface area contributed by atoms with E-state index in [1.807, 2.05) is 27.9 Å². The van der Waals surface area contributed by atoms with Crippen molar-refractivity contribution in [3.63, 3.8) is 0 Å². The fourth-order valence-corrected chi connectivity index (χ4v) is 2.18. The highest BCUT2D eigenvalue weighted by Gasteiger charge is 2.26. The lowest BCUT2D eigenvalue weighted by Crippen LogP contribution is -2.32. The van der Waals surface area contributed by atoms with E-state index < -0.39 is 0 Å². The minimum Gasteiger partial charge on any atom is -0.349 e. The van der Waals surface area contributed by atoms with E-state index in [0.717, 1.165) is 18.8 Å². The largest absolute Gasteiger partial charge is 0.349 e. The zero-order valence-electron chi connectivity index (χ0n) is 11.0. The number of carbonyl (C=O) groups excluding carboxylic acids is 1. The van der Waals surface area contributed by atoms with E-state index in [-0.39, 0.29) is 0 Å². The van der Waals surface area contributed by atoms with Gasteiger partial charge in [0, 0.05) is 20.0 Å². The molecule has 1 rings (SSSR count). The molecule has 0 spiro atoms. The maximum atomic E-state index is 11.6. The first-order valence-corrected chi connectivity index (χ1v) is 6.36. The maximum Gasteiger partial charge on any atom is 0.225 e. The van der Waals surface area contributed by atoms with Crippen LogP contribution in [0.2, 0.25) is 0 Å². The molecule has 0 atom stereocenters. The molecule has 0 unspecified atom stereocenters. The number of hydrogen-bond donors (Lipinski definition) is 0. The van der Waals surface area contributed by atoms with Crippen LogP contribution < -0.4 is 0 Å². The van der Waals surface area contributed by atoms with Crippen molar-refractivity contribution in [1.82, 2.24) is 4.90 Å². The molecule has 1 amide bonds. The highest BCUT2D eigenvalue weighted by molar-refractivity contribution is 5.78. The molecule has 0 aromatic carbocycles. The quantitative estimate of drug-likeness (QED) is 0.689. The molecule has 0 N–H and O–H groups in total. The second kappa shape index (κ2) is 7.72. The van der Waals surface area contributed by atoms with Crippen molar-refractivity contribution in [2.75, 3.05) is 14.1 Å². The summed E-state index contributed by atoms with van der Waals surface area (Å²) >= 11 is 0. The minimum absolute atomic E-state index is 0.317. The average molecular weight is 213 g/mol. The van der Waals surface area contributed by atoms with Gasteiger partial charge in [0.25, 0.3) is 0 Å². The number of nitrogens with zero attached hydrogens (tertiary/aromatic N) is 1. The number of amides is 1. The summed E-state index contributed by atoms with van der Waals surface area (Å²) in [6.45, 7) is 6.25. The van der Waals surface area contributed by atoms with Gasteiger partial charge in [-0.1, -0.05) is 27.2 Å². The van der Waals surface area contributed by atoms with E-state index in [9.17, 15) is 4.79 Å². The Bertz CT molecular complexity index is 169. The first kappa shape index (κ1) is 14.5. The lowest BCUT2D eigenvalue weighted by atomic mass is 9.80. The Morgan fingerprint density at radius 3 is 1.93 bits per heavy atom. The molecule has 15 heavy (non-hydrogen) atoms. The summed E-state index contributed by atoms with van der Waals surface area (Å²) in [4.78, 5) is 13.4. The minimum atomic E-state index is 0.317. The van der Waals surface area contributed by atoms with E-state index in [1.54, 1.807) is 4.90 Å². The molecule has 1 saturated carbocycles. The van der Waals surface area contributed by atoms with E-state index in [0.29, 0.717) is 11.8 Å². The average Bonchev–Trinajstić information content (AvgIpc) is 2.31. The van der Waals surface area contributed by atoms with Gasteiger partial charge in [-0.15, -0.1) is 0 Å². The van der Waals surface area contributed by atoms with Gasteiger partial charge in [-0.3, -0.25) is 4.79 Å². The van der Waals surface area contributed by atoms with Crippen molar-refractivity contribution >= 4 is 5.91 Å². The standard InChI is InChI=1S/C11H21NO.C2H6/c1-4-9-5-7-10(8-6-9)11(13)12(2)3;1-2/h9-10H,4-8H2,1-3H3;1-2H3. The highest BCUT2D eigenvalue weighted by atomic mass is 16.2. The van der Waals surface area contributed by atoms with Gasteiger partial charge in [-0.05, 0) is 31.6 Å². The molecule has 2 heteroatoms. The lowest BCUT2D eigenvalue weighted by molar-refractivity contribution is -0.134. The highest BCUT2D eigenvalue weighted by Crippen LogP contribution is 2.31. The van der Waals surface area contributed by atoms with Gasteiger partial charge in [-0.2, -0.15) is 0 Å². The maximum absolute atomic E-state index is 11.6. The van der Waals surface area contributed by atoms with Crippen molar-refractivity contribution < 1.29 is 4.79 Å². The van der Waals surface area contributed by atoms with Crippen LogP contribution in [0.25, 0.3) is 0 Å². The van der Waals surface area contributed by atoms with Gasteiger partial charge in [0.1, 0.15) is 0 Å². The molecular formula is C13H27NO. The zero-order chi connectivity index (χ0) is 11.8. The van der Waals surface area contributed by atoms with E-state index in [1.165, 1.54) is 19.3 Å². The molecule has 0 heterocycles. The number of hydrogen-bond acceptors (Lipinski definition) is 1. The Kier molecular flexibility index (Phi) is 7.45. The Morgan fingerprint density at radius 1 is 1.13 bits per heavy atom. The molecule has 0 aromatic rings. The third kappa shape index (κ3) is 4.67. The van der Waals surface area contributed by atoms with Gasteiger partial charge in [0.05, 0.1) is 0 Å². The Labute approximate surface area is 95.0 Å². The van der Waals surface area contributed by atoms with Crippen molar-refractivity contribution in [2.24, 2.45) is 11.8 Å². The van der Waals surface area contributed by atoms with Crippen LogP contribution in [0.15, 0.2) is 0 Å². The second-order valence-electron chi connectivity index (χ2n) is 4.36. The molecular weight excluding hydrogens is 186 g/mol. The predicted molar refractivity (Wildman–Crippen MR) is 65.8 cm³/mol. The van der Waals surface area contributed by atoms with Gasteiger partial charge >= 0.3 is 0 Å². The normalized spacial score (nSPS) is 25.1. The SMILES string of the molecule is CC.CCC1CCC(C(=O)N(C)C)CC1. The summed E-state index contributed by atoms with van der Waals surface area (Å²) in [7, 11) is 3.71. The van der Waals surface area contributed by atoms with Crippen LogP contribution >= 0.6 is 0 Å². The van der Waals surface area contributed by atoms with Gasteiger partial charge in [0.15, 0.2) is 0 Å². The molecule has 0 radical (unpaired) electrons. The van der Waals surface area contributed by atoms with Crippen molar-refractivity contribution in [3.8, 4) is 0 Å². The predicted octanol–water partition coefficient (Wildman–Crippen LogP) is 3.32. The van der Waals surface area contributed by atoms with Crippen molar-refractivity contribution in [1.29, 1.82) is 0 Å². The van der Waals surface area contributed by atoms with Crippen molar-refractivity contribution in [3.05, 3.63) is 0 Å². The summed E-state index contributed by atoms with van der Waals surface area (Å²) in [5.41, 5.74) is 0. The summed E-state index contributed by atoms with van der Waals surface area (Å²) < 4.78 is 0. The van der Waals surface area contributed by atoms with Crippen LogP contribution in [0.3, 0.4) is 0 Å². The molecule has 1 aliphatic carbocycles. The fraction of sp³-hybridized carbons (Fsp3) is 0.923. The van der Waals surface area contributed by atoms with Crippen LogP contribution in [0.5, 0.6) is 0 Å². The van der Waals surface area contributed by atoms with Crippen LogP contribution in [-0.2, 0) is 4.79 Å². The Balaban J connectivity index is 0.000000921. The number of rotatable bonds is 2. The van der Waals surface area contributed by atoms with Gasteiger partial charge in [0.2, 0.25) is 5.91 Å². The second-order valence-corrected chi connectivity index (χ2v) is 4.36. The molecule has 0 saturated heterocycles. The van der Waals surface area contributed by atoms with Crippen LogP contribution in [0.4, 0.5) is 0 Å². The third-order valence-electron chi connectivity index (χ3n) is 3.21. The Hall–Kier alpha value is -0.530. The van der Waals surface area contributed by atoms with Crippen molar-refractivity contribution in [2.45, 2.75) is 52.9 Å². The molecule has 2 nitrogen and oxygen atoms in total. The molecule has 0 aromatic heterocycles. The summed E-state index contributed by atoms with van der Waals surface area (Å²) in [6, 6.07) is 0. The van der Waals surface area contributed by atoms with Crippen LogP contribution in [0.1, 0.15) is 52.9 Å². The summed E-state index contributed by atoms with van der Waals surface area (Å²) in [6.07, 6.45) is 6.00. The van der Waals surface area contributed by atoms with Gasteiger partial charge < -0.3 is 4.90 Å². The number of carbonyl (C=O) groups is 1. The first-order chi connectivity index (χ1) is 7.15. The monoisotopic (exact) mass is 213 g/mol. The molecule has 1 aliphatic rings. The fourth-order valence-electron chi connectivity index (χ4n) is 2.18. The van der Waals surface area contributed by atoms with E-state index in [2.05, 4.69) is 6.92 Å². The molecule has 90 valence electrons. The summed E-state index contributed by atoms with van der Waals surface area (Å²) in [5, 5.41) is 0. The van der Waals surface area contributed by atoms with E-state index in [4.69, 9.17) is 0 Å². The van der Waals surface area contributed by atoms with Crippen LogP contribution in [-0.4, -0.2) is 24.9 Å². The molecule has 0 aliphatic heterocycles. The smallest absolute Gasteiger partial charge is 0.225 e.